The van der Waals surface area contributed by atoms with Crippen molar-refractivity contribution in [2.45, 2.75) is 31.3 Å². The highest BCUT2D eigenvalue weighted by atomic mass is 16.2. The first kappa shape index (κ1) is 19.1. The molecule has 2 amide bonds. The third kappa shape index (κ3) is 4.95. The molecule has 142 valence electrons. The summed E-state index contributed by atoms with van der Waals surface area (Å²) in [7, 11) is 1.91. The molecule has 2 unspecified atom stereocenters. The molecule has 0 bridgehead atoms. The standard InChI is InChI=1S/C22H27N3O2/c1-23-16-19-13-8-14-25(19)21(26)15-20(17-9-4-2-5-10-17)24-22(27)18-11-6-3-7-12-18/h2-7,9-12,19-20,23H,8,13-16H2,1H3,(H,24,27). The Labute approximate surface area is 160 Å². The van der Waals surface area contributed by atoms with Gasteiger partial charge in [0.2, 0.25) is 5.91 Å². The molecule has 1 heterocycles. The van der Waals surface area contributed by atoms with Crippen LogP contribution in [0.1, 0.15) is 41.2 Å². The van der Waals surface area contributed by atoms with Gasteiger partial charge in [-0.1, -0.05) is 48.5 Å². The van der Waals surface area contributed by atoms with Gasteiger partial charge in [0.1, 0.15) is 0 Å². The second-order valence-corrected chi connectivity index (χ2v) is 6.95. The van der Waals surface area contributed by atoms with Crippen LogP contribution in [0.25, 0.3) is 0 Å². The average Bonchev–Trinajstić information content (AvgIpc) is 3.17. The van der Waals surface area contributed by atoms with E-state index in [2.05, 4.69) is 10.6 Å². The molecule has 1 fully saturated rings. The van der Waals surface area contributed by atoms with E-state index in [4.69, 9.17) is 0 Å². The van der Waals surface area contributed by atoms with Gasteiger partial charge in [0.05, 0.1) is 12.5 Å². The lowest BCUT2D eigenvalue weighted by molar-refractivity contribution is -0.132. The second-order valence-electron chi connectivity index (χ2n) is 6.95. The normalized spacial score (nSPS) is 17.5. The summed E-state index contributed by atoms with van der Waals surface area (Å²) < 4.78 is 0. The fraction of sp³-hybridized carbons (Fsp3) is 0.364. The van der Waals surface area contributed by atoms with Gasteiger partial charge in [-0.3, -0.25) is 9.59 Å². The summed E-state index contributed by atoms with van der Waals surface area (Å²) in [5, 5.41) is 6.22. The van der Waals surface area contributed by atoms with Crippen LogP contribution in [0.3, 0.4) is 0 Å². The van der Waals surface area contributed by atoms with Crippen molar-refractivity contribution in [1.82, 2.24) is 15.5 Å². The monoisotopic (exact) mass is 365 g/mol. The number of carbonyl (C=O) groups is 2. The fourth-order valence-electron chi connectivity index (χ4n) is 3.67. The van der Waals surface area contributed by atoms with Crippen LogP contribution in [0.2, 0.25) is 0 Å². The molecular formula is C22H27N3O2. The number of hydrogen-bond donors (Lipinski definition) is 2. The summed E-state index contributed by atoms with van der Waals surface area (Å²) in [6.45, 7) is 1.59. The van der Waals surface area contributed by atoms with E-state index in [9.17, 15) is 9.59 Å². The van der Waals surface area contributed by atoms with E-state index in [1.807, 2.05) is 60.5 Å². The van der Waals surface area contributed by atoms with Crippen LogP contribution < -0.4 is 10.6 Å². The summed E-state index contributed by atoms with van der Waals surface area (Å²) in [6, 6.07) is 18.7. The Morgan fingerprint density at radius 3 is 2.41 bits per heavy atom. The summed E-state index contributed by atoms with van der Waals surface area (Å²) in [5.74, 6) is -0.0691. The number of nitrogens with one attached hydrogen (secondary N) is 2. The van der Waals surface area contributed by atoms with Crippen LogP contribution in [0.15, 0.2) is 60.7 Å². The Balaban J connectivity index is 1.74. The third-order valence-electron chi connectivity index (χ3n) is 5.06. The first-order chi connectivity index (χ1) is 13.2. The molecule has 1 saturated heterocycles. The lowest BCUT2D eigenvalue weighted by Crippen LogP contribution is -2.42. The van der Waals surface area contributed by atoms with Gasteiger partial charge in [0.15, 0.2) is 0 Å². The number of carbonyl (C=O) groups excluding carboxylic acids is 2. The largest absolute Gasteiger partial charge is 0.345 e. The molecule has 5 heteroatoms. The maximum absolute atomic E-state index is 13.0. The van der Waals surface area contributed by atoms with E-state index < -0.39 is 0 Å². The number of amides is 2. The van der Waals surface area contributed by atoms with Crippen molar-refractivity contribution >= 4 is 11.8 Å². The van der Waals surface area contributed by atoms with E-state index >= 15 is 0 Å². The minimum atomic E-state index is -0.345. The van der Waals surface area contributed by atoms with Crippen LogP contribution in [0.4, 0.5) is 0 Å². The summed E-state index contributed by atoms with van der Waals surface area (Å²) in [5.41, 5.74) is 1.54. The Morgan fingerprint density at radius 1 is 1.07 bits per heavy atom. The van der Waals surface area contributed by atoms with Crippen LogP contribution in [0, 0.1) is 0 Å². The molecule has 0 spiro atoms. The average molecular weight is 365 g/mol. The SMILES string of the molecule is CNCC1CCCN1C(=O)CC(NC(=O)c1ccccc1)c1ccccc1. The summed E-state index contributed by atoms with van der Waals surface area (Å²) in [6.07, 6.45) is 2.33. The molecule has 2 N–H and O–H groups in total. The van der Waals surface area contributed by atoms with Gasteiger partial charge in [0, 0.05) is 24.7 Å². The fourth-order valence-corrected chi connectivity index (χ4v) is 3.67. The van der Waals surface area contributed by atoms with Crippen molar-refractivity contribution in [1.29, 1.82) is 0 Å². The molecule has 3 rings (SSSR count). The van der Waals surface area contributed by atoms with E-state index in [0.29, 0.717) is 5.56 Å². The van der Waals surface area contributed by atoms with Crippen molar-refractivity contribution in [3.63, 3.8) is 0 Å². The van der Waals surface area contributed by atoms with E-state index in [1.54, 1.807) is 12.1 Å². The minimum Gasteiger partial charge on any atom is -0.345 e. The van der Waals surface area contributed by atoms with Crippen molar-refractivity contribution in [2.24, 2.45) is 0 Å². The number of benzene rings is 2. The number of likely N-dealkylation sites (tertiary alicyclic amines) is 1. The zero-order valence-corrected chi connectivity index (χ0v) is 15.7. The van der Waals surface area contributed by atoms with Crippen molar-refractivity contribution in [3.05, 3.63) is 71.8 Å². The molecule has 0 saturated carbocycles. The smallest absolute Gasteiger partial charge is 0.251 e. The molecular weight excluding hydrogens is 338 g/mol. The lowest BCUT2D eigenvalue weighted by Gasteiger charge is -2.27. The van der Waals surface area contributed by atoms with Crippen molar-refractivity contribution in [2.75, 3.05) is 20.1 Å². The maximum Gasteiger partial charge on any atom is 0.251 e. The van der Waals surface area contributed by atoms with Crippen LogP contribution in [-0.4, -0.2) is 42.9 Å². The molecule has 0 radical (unpaired) electrons. The molecule has 1 aliphatic rings. The van der Waals surface area contributed by atoms with Gasteiger partial charge >= 0.3 is 0 Å². The van der Waals surface area contributed by atoms with Crippen LogP contribution in [-0.2, 0) is 4.79 Å². The van der Waals surface area contributed by atoms with Gasteiger partial charge in [-0.2, -0.15) is 0 Å². The predicted molar refractivity (Wildman–Crippen MR) is 106 cm³/mol. The van der Waals surface area contributed by atoms with Gasteiger partial charge in [-0.05, 0) is 37.6 Å². The van der Waals surface area contributed by atoms with Gasteiger partial charge in [-0.25, -0.2) is 0 Å². The Kier molecular flexibility index (Phi) is 6.60. The van der Waals surface area contributed by atoms with E-state index in [1.165, 1.54) is 0 Å². The van der Waals surface area contributed by atoms with Gasteiger partial charge in [-0.15, -0.1) is 0 Å². The quantitative estimate of drug-likeness (QED) is 0.793. The number of likely N-dealkylation sites (N-methyl/N-ethyl adjacent to an activating group) is 1. The predicted octanol–water partition coefficient (Wildman–Crippen LogP) is 2.76. The molecule has 0 aliphatic carbocycles. The number of nitrogens with zero attached hydrogens (tertiary/aromatic N) is 1. The van der Waals surface area contributed by atoms with E-state index in [0.717, 1.165) is 31.5 Å². The topological polar surface area (TPSA) is 61.4 Å². The highest BCUT2D eigenvalue weighted by Crippen LogP contribution is 2.23. The molecule has 2 atom stereocenters. The molecule has 5 nitrogen and oxygen atoms in total. The molecule has 0 aromatic heterocycles. The maximum atomic E-state index is 13.0. The molecule has 27 heavy (non-hydrogen) atoms. The lowest BCUT2D eigenvalue weighted by atomic mass is 10.0. The Morgan fingerprint density at radius 2 is 1.74 bits per heavy atom. The molecule has 2 aromatic carbocycles. The van der Waals surface area contributed by atoms with Crippen LogP contribution >= 0.6 is 0 Å². The van der Waals surface area contributed by atoms with Crippen molar-refractivity contribution < 1.29 is 9.59 Å². The first-order valence-electron chi connectivity index (χ1n) is 9.54. The van der Waals surface area contributed by atoms with Crippen molar-refractivity contribution in [3.8, 4) is 0 Å². The van der Waals surface area contributed by atoms with Crippen LogP contribution in [0.5, 0.6) is 0 Å². The number of rotatable bonds is 7. The third-order valence-corrected chi connectivity index (χ3v) is 5.06. The first-order valence-corrected chi connectivity index (χ1v) is 9.54. The zero-order valence-electron chi connectivity index (χ0n) is 15.7. The van der Waals surface area contributed by atoms with E-state index in [-0.39, 0.29) is 30.3 Å². The highest BCUT2D eigenvalue weighted by Gasteiger charge is 2.30. The van der Waals surface area contributed by atoms with Gasteiger partial charge in [0.25, 0.3) is 5.91 Å². The highest BCUT2D eigenvalue weighted by molar-refractivity contribution is 5.94. The summed E-state index contributed by atoms with van der Waals surface area (Å²) >= 11 is 0. The minimum absolute atomic E-state index is 0.0926. The zero-order chi connectivity index (χ0) is 19.1. The second kappa shape index (κ2) is 9.33. The summed E-state index contributed by atoms with van der Waals surface area (Å²) in [4.78, 5) is 27.6. The molecule has 1 aliphatic heterocycles. The Bertz CT molecular complexity index is 749. The number of hydrogen-bond acceptors (Lipinski definition) is 3. The Hall–Kier alpha value is -2.66. The molecule has 2 aromatic rings. The van der Waals surface area contributed by atoms with Gasteiger partial charge < -0.3 is 15.5 Å².